The molecule has 1 aromatic carbocycles. The number of alkyl halides is 6. The highest BCUT2D eigenvalue weighted by molar-refractivity contribution is 6.09. The Hall–Kier alpha value is -8.60. The summed E-state index contributed by atoms with van der Waals surface area (Å²) in [4.78, 5) is 36.1. The van der Waals surface area contributed by atoms with E-state index in [0.29, 0.717) is 99.7 Å². The van der Waals surface area contributed by atoms with Gasteiger partial charge in [0.05, 0.1) is 33.5 Å². The van der Waals surface area contributed by atoms with Gasteiger partial charge in [-0.25, -0.2) is 9.97 Å². The fourth-order valence-electron chi connectivity index (χ4n) is 9.35. The van der Waals surface area contributed by atoms with Gasteiger partial charge in [0.1, 0.15) is 11.3 Å². The Kier molecular flexibility index (Phi) is 9.89. The summed E-state index contributed by atoms with van der Waals surface area (Å²) in [5, 5.41) is 3.42. The molecular weight excluding hydrogens is 893 g/mol. The van der Waals surface area contributed by atoms with Crippen LogP contribution in [-0.4, -0.2) is 53.6 Å². The predicted molar refractivity (Wildman–Crippen MR) is 251 cm³/mol. The Morgan fingerprint density at radius 2 is 0.913 bits per heavy atom. The van der Waals surface area contributed by atoms with Crippen molar-refractivity contribution in [2.75, 3.05) is 0 Å². The summed E-state index contributed by atoms with van der Waals surface area (Å²) >= 11 is 0. The first kappa shape index (κ1) is 41.8. The average Bonchev–Trinajstić information content (AvgIpc) is 3.99. The summed E-state index contributed by atoms with van der Waals surface area (Å²) in [7, 11) is 0. The number of hydrogen-bond donors (Lipinski definition) is 0. The molecule has 338 valence electrons. The standard InChI is InChI=1S/C52H33F6N11/c1-27-16-29(12-15-60-27)42-10-8-37-40-25-64-35(21-46(40)68(51(55)56)48(37)65-42)19-33-6-3-31(23-62-33)43-11-9-38-41-26-63-34(20-47(41)69(52(57)58)49(38)66-43)18-32-5-2-30(22-61-32)28-4-7-36-39-24-59-14-13-44(39)67(50(53)54)45(36)17-28/h2-17,20-26,50-52H,18-19H2,1H3. The van der Waals surface area contributed by atoms with Crippen molar-refractivity contribution >= 4 is 65.7 Å². The van der Waals surface area contributed by atoms with Crippen LogP contribution in [0, 0.1) is 6.92 Å². The smallest absolute Gasteiger partial charge is 0.284 e. The van der Waals surface area contributed by atoms with Gasteiger partial charge in [-0.05, 0) is 91.3 Å². The Morgan fingerprint density at radius 1 is 0.391 bits per heavy atom. The van der Waals surface area contributed by atoms with E-state index in [2.05, 4.69) is 39.9 Å². The molecule has 17 heteroatoms. The SMILES string of the molecule is Cc1cc(-c2ccc3c4cnc(Cc5ccc(-c6ccc7c8cnc(Cc9ccc(-c%10ccc%11c%12cnccc%12n(C(F)F)c%11c%10)cn9)cc8n(C(F)F)c7n6)cn5)cc4n(C(F)F)c3n2)ccn1. The van der Waals surface area contributed by atoms with Crippen LogP contribution in [0.2, 0.25) is 0 Å². The van der Waals surface area contributed by atoms with Crippen molar-refractivity contribution in [3.05, 3.63) is 169 Å². The molecule has 0 saturated heterocycles. The summed E-state index contributed by atoms with van der Waals surface area (Å²) in [6, 6.07) is 28.1. The maximum atomic E-state index is 15.0. The summed E-state index contributed by atoms with van der Waals surface area (Å²) < 4.78 is 90.5. The van der Waals surface area contributed by atoms with Gasteiger partial charge in [0.15, 0.2) is 0 Å². The number of hydrogen-bond acceptors (Lipinski definition) is 8. The van der Waals surface area contributed by atoms with Crippen molar-refractivity contribution in [3.63, 3.8) is 0 Å². The molecule has 0 atom stereocenters. The van der Waals surface area contributed by atoms with Crippen LogP contribution < -0.4 is 0 Å². The van der Waals surface area contributed by atoms with Gasteiger partial charge in [-0.1, -0.05) is 18.2 Å². The van der Waals surface area contributed by atoms with Crippen molar-refractivity contribution in [1.82, 2.24) is 53.6 Å². The van der Waals surface area contributed by atoms with E-state index in [4.69, 9.17) is 0 Å². The minimum absolute atomic E-state index is 0.0755. The normalized spacial score (nSPS) is 12.2. The van der Waals surface area contributed by atoms with Gasteiger partial charge in [-0.3, -0.25) is 43.6 Å². The van der Waals surface area contributed by atoms with Crippen LogP contribution in [0.4, 0.5) is 26.3 Å². The maximum Gasteiger partial charge on any atom is 0.320 e. The minimum Gasteiger partial charge on any atom is -0.284 e. The van der Waals surface area contributed by atoms with E-state index >= 15 is 0 Å². The summed E-state index contributed by atoms with van der Waals surface area (Å²) in [5.74, 6) is 0. The first-order valence-electron chi connectivity index (χ1n) is 21.7. The highest BCUT2D eigenvalue weighted by atomic mass is 19.3. The molecule has 0 fully saturated rings. The van der Waals surface area contributed by atoms with Crippen LogP contribution in [0.25, 0.3) is 99.3 Å². The van der Waals surface area contributed by atoms with E-state index in [1.54, 1.807) is 116 Å². The van der Waals surface area contributed by atoms with Crippen molar-refractivity contribution < 1.29 is 26.3 Å². The van der Waals surface area contributed by atoms with E-state index in [0.717, 1.165) is 25.0 Å². The third-order valence-electron chi connectivity index (χ3n) is 12.6. The summed E-state index contributed by atoms with van der Waals surface area (Å²) in [6.45, 7) is -6.67. The van der Waals surface area contributed by atoms with Gasteiger partial charge in [0.25, 0.3) is 0 Å². The molecule has 0 bridgehead atoms. The van der Waals surface area contributed by atoms with Gasteiger partial charge < -0.3 is 0 Å². The number of aryl methyl sites for hydroxylation is 1. The number of aromatic nitrogens is 11. The van der Waals surface area contributed by atoms with Crippen molar-refractivity contribution in [3.8, 4) is 33.6 Å². The first-order valence-corrected chi connectivity index (χ1v) is 21.7. The van der Waals surface area contributed by atoms with Crippen molar-refractivity contribution in [2.45, 2.75) is 39.4 Å². The second-order valence-corrected chi connectivity index (χ2v) is 16.7. The molecule has 0 saturated carbocycles. The van der Waals surface area contributed by atoms with E-state index in [9.17, 15) is 26.3 Å². The molecule has 12 aromatic rings. The molecule has 11 nitrogen and oxygen atoms in total. The number of halogens is 6. The van der Waals surface area contributed by atoms with E-state index in [1.165, 1.54) is 6.20 Å². The lowest BCUT2D eigenvalue weighted by atomic mass is 10.0. The number of fused-ring (bicyclic) bond motifs is 9. The second-order valence-electron chi connectivity index (χ2n) is 16.7. The number of nitrogens with zero attached hydrogens (tertiary/aromatic N) is 11. The number of benzene rings is 1. The van der Waals surface area contributed by atoms with Gasteiger partial charge in [-0.15, -0.1) is 0 Å². The van der Waals surface area contributed by atoms with Crippen LogP contribution in [-0.2, 0) is 12.8 Å². The number of rotatable bonds is 10. The maximum absolute atomic E-state index is 15.0. The second kappa shape index (κ2) is 16.3. The van der Waals surface area contributed by atoms with Crippen LogP contribution >= 0.6 is 0 Å². The van der Waals surface area contributed by atoms with Crippen LogP contribution in [0.1, 0.15) is 48.1 Å². The lowest BCUT2D eigenvalue weighted by Crippen LogP contribution is -2.01. The minimum atomic E-state index is -2.92. The fraction of sp³-hybridized carbons (Fsp3) is 0.115. The molecule has 0 aliphatic carbocycles. The van der Waals surface area contributed by atoms with Crippen LogP contribution in [0.5, 0.6) is 0 Å². The molecule has 0 aliphatic rings. The topological polar surface area (TPSA) is 118 Å². The molecule has 0 spiro atoms. The quantitative estimate of drug-likeness (QED) is 0.124. The zero-order chi connectivity index (χ0) is 47.1. The summed E-state index contributed by atoms with van der Waals surface area (Å²) in [6.07, 6.45) is 11.6. The molecule has 12 rings (SSSR count). The Balaban J connectivity index is 0.797. The number of pyridine rings is 8. The molecule has 69 heavy (non-hydrogen) atoms. The zero-order valence-electron chi connectivity index (χ0n) is 36.1. The molecule has 0 amide bonds. The van der Waals surface area contributed by atoms with Crippen LogP contribution in [0.3, 0.4) is 0 Å². The average molecular weight is 926 g/mol. The molecule has 11 heterocycles. The molecule has 0 radical (unpaired) electrons. The first-order chi connectivity index (χ1) is 33.6. The van der Waals surface area contributed by atoms with Gasteiger partial charge in [0.2, 0.25) is 0 Å². The van der Waals surface area contributed by atoms with Gasteiger partial charge in [-0.2, -0.15) is 26.3 Å². The van der Waals surface area contributed by atoms with Crippen molar-refractivity contribution in [2.24, 2.45) is 0 Å². The lowest BCUT2D eigenvalue weighted by Gasteiger charge is -2.08. The molecular formula is C52H33F6N11. The third kappa shape index (κ3) is 7.15. The Bertz CT molecular complexity index is 3980. The Morgan fingerprint density at radius 3 is 1.48 bits per heavy atom. The highest BCUT2D eigenvalue weighted by Gasteiger charge is 2.23. The van der Waals surface area contributed by atoms with Gasteiger partial charge in [0, 0.05) is 134 Å². The lowest BCUT2D eigenvalue weighted by molar-refractivity contribution is 0.0785. The molecule has 0 N–H and O–H groups in total. The highest BCUT2D eigenvalue weighted by Crippen LogP contribution is 2.38. The zero-order valence-corrected chi connectivity index (χ0v) is 36.1. The van der Waals surface area contributed by atoms with E-state index in [1.807, 2.05) is 25.1 Å². The fourth-order valence-corrected chi connectivity index (χ4v) is 9.35. The largest absolute Gasteiger partial charge is 0.320 e. The summed E-state index contributed by atoms with van der Waals surface area (Å²) in [5.41, 5.74) is 8.34. The third-order valence-corrected chi connectivity index (χ3v) is 12.6. The molecule has 0 unspecified atom stereocenters. The Labute approximate surface area is 386 Å². The predicted octanol–water partition coefficient (Wildman–Crippen LogP) is 12.8. The van der Waals surface area contributed by atoms with E-state index < -0.39 is 19.6 Å². The van der Waals surface area contributed by atoms with Gasteiger partial charge >= 0.3 is 19.6 Å². The van der Waals surface area contributed by atoms with Crippen LogP contribution in [0.15, 0.2) is 140 Å². The molecule has 11 aromatic heterocycles. The van der Waals surface area contributed by atoms with E-state index in [-0.39, 0.29) is 29.7 Å². The molecule has 0 aliphatic heterocycles. The monoisotopic (exact) mass is 925 g/mol. The van der Waals surface area contributed by atoms with Crippen molar-refractivity contribution in [1.29, 1.82) is 0 Å².